The Bertz CT molecular complexity index is 351. The van der Waals surface area contributed by atoms with Gasteiger partial charge in [0.05, 0.1) is 10.5 Å². The lowest BCUT2D eigenvalue weighted by atomic mass is 10.0. The van der Waals surface area contributed by atoms with Crippen molar-refractivity contribution in [2.24, 2.45) is 5.73 Å². The largest absolute Gasteiger partial charge is 0.507 e. The standard InChI is InChI=1S/C10H12BrNO2/c1-5-3-7(10(14)6(2)12)4-8(13)9(5)11/h3-4,6,13H,12H2,1-2H3. The molecule has 0 fully saturated rings. The predicted molar refractivity (Wildman–Crippen MR) is 58.5 cm³/mol. The molecular formula is C10H12BrNO2. The number of carbonyl (C=O) groups is 1. The fourth-order valence-electron chi connectivity index (χ4n) is 1.16. The summed E-state index contributed by atoms with van der Waals surface area (Å²) in [6.45, 7) is 3.43. The zero-order valence-corrected chi connectivity index (χ0v) is 9.63. The molecule has 0 radical (unpaired) electrons. The van der Waals surface area contributed by atoms with Crippen LogP contribution in [0.1, 0.15) is 22.8 Å². The maximum Gasteiger partial charge on any atom is 0.179 e. The van der Waals surface area contributed by atoms with Crippen molar-refractivity contribution in [3.63, 3.8) is 0 Å². The number of aromatic hydroxyl groups is 1. The van der Waals surface area contributed by atoms with E-state index >= 15 is 0 Å². The van der Waals surface area contributed by atoms with Crippen LogP contribution in [-0.4, -0.2) is 16.9 Å². The second kappa shape index (κ2) is 4.11. The molecule has 1 aromatic rings. The van der Waals surface area contributed by atoms with E-state index in [-0.39, 0.29) is 11.5 Å². The minimum atomic E-state index is -0.546. The van der Waals surface area contributed by atoms with E-state index < -0.39 is 6.04 Å². The summed E-state index contributed by atoms with van der Waals surface area (Å²) >= 11 is 3.21. The number of phenols is 1. The van der Waals surface area contributed by atoms with Gasteiger partial charge in [-0.2, -0.15) is 0 Å². The molecule has 3 nitrogen and oxygen atoms in total. The minimum Gasteiger partial charge on any atom is -0.507 e. The molecule has 3 N–H and O–H groups in total. The second-order valence-electron chi connectivity index (χ2n) is 3.28. The Morgan fingerprint density at radius 2 is 2.14 bits per heavy atom. The molecule has 0 aliphatic rings. The van der Waals surface area contributed by atoms with Crippen LogP contribution in [0.25, 0.3) is 0 Å². The van der Waals surface area contributed by atoms with Crippen LogP contribution in [0, 0.1) is 6.92 Å². The molecule has 0 bridgehead atoms. The van der Waals surface area contributed by atoms with Crippen molar-refractivity contribution in [2.45, 2.75) is 19.9 Å². The number of rotatable bonds is 2. The number of hydrogen-bond donors (Lipinski definition) is 2. The normalized spacial score (nSPS) is 12.6. The molecule has 76 valence electrons. The second-order valence-corrected chi connectivity index (χ2v) is 4.07. The Morgan fingerprint density at radius 1 is 1.57 bits per heavy atom. The smallest absolute Gasteiger partial charge is 0.179 e. The number of nitrogens with two attached hydrogens (primary N) is 1. The lowest BCUT2D eigenvalue weighted by molar-refractivity contribution is 0.0967. The fraction of sp³-hybridized carbons (Fsp3) is 0.300. The summed E-state index contributed by atoms with van der Waals surface area (Å²) in [5.41, 5.74) is 6.72. The lowest BCUT2D eigenvalue weighted by Gasteiger charge is -2.08. The van der Waals surface area contributed by atoms with Crippen molar-refractivity contribution < 1.29 is 9.90 Å². The van der Waals surface area contributed by atoms with E-state index in [1.54, 1.807) is 13.0 Å². The number of aryl methyl sites for hydroxylation is 1. The van der Waals surface area contributed by atoms with Crippen LogP contribution in [0.3, 0.4) is 0 Å². The molecule has 0 aliphatic carbocycles. The van der Waals surface area contributed by atoms with Crippen LogP contribution in [0.5, 0.6) is 5.75 Å². The molecule has 1 aromatic carbocycles. The number of carbonyl (C=O) groups excluding carboxylic acids is 1. The molecule has 0 heterocycles. The molecule has 0 aliphatic heterocycles. The maximum atomic E-state index is 11.5. The minimum absolute atomic E-state index is 0.0639. The van der Waals surface area contributed by atoms with Gasteiger partial charge in [-0.15, -0.1) is 0 Å². The lowest BCUT2D eigenvalue weighted by Crippen LogP contribution is -2.26. The fourth-order valence-corrected chi connectivity index (χ4v) is 1.39. The molecule has 4 heteroatoms. The van der Waals surface area contributed by atoms with Crippen molar-refractivity contribution in [3.8, 4) is 5.75 Å². The Labute approximate surface area is 91.1 Å². The molecule has 0 saturated heterocycles. The summed E-state index contributed by atoms with van der Waals surface area (Å²) < 4.78 is 0.610. The molecule has 1 atom stereocenters. The predicted octanol–water partition coefficient (Wildman–Crippen LogP) is 1.99. The van der Waals surface area contributed by atoms with E-state index in [1.807, 2.05) is 6.92 Å². The van der Waals surface area contributed by atoms with Gasteiger partial charge in [-0.25, -0.2) is 0 Å². The molecule has 0 aromatic heterocycles. The van der Waals surface area contributed by atoms with Gasteiger partial charge in [0.2, 0.25) is 0 Å². The van der Waals surface area contributed by atoms with Gasteiger partial charge < -0.3 is 10.8 Å². The summed E-state index contributed by atoms with van der Waals surface area (Å²) in [4.78, 5) is 11.5. The number of ketones is 1. The molecule has 0 spiro atoms. The molecular weight excluding hydrogens is 246 g/mol. The summed E-state index contributed by atoms with van der Waals surface area (Å²) in [5.74, 6) is -0.107. The van der Waals surface area contributed by atoms with Crippen molar-refractivity contribution >= 4 is 21.7 Å². The van der Waals surface area contributed by atoms with Gasteiger partial charge in [0.1, 0.15) is 5.75 Å². The Kier molecular flexibility index (Phi) is 3.29. The average Bonchev–Trinajstić information content (AvgIpc) is 2.12. The number of benzene rings is 1. The number of halogens is 1. The topological polar surface area (TPSA) is 63.3 Å². The molecule has 1 rings (SSSR count). The number of phenolic OH excluding ortho intramolecular Hbond substituents is 1. The summed E-state index contributed by atoms with van der Waals surface area (Å²) in [7, 11) is 0. The molecule has 0 saturated carbocycles. The highest BCUT2D eigenvalue weighted by molar-refractivity contribution is 9.10. The van der Waals surface area contributed by atoms with Gasteiger partial charge >= 0.3 is 0 Å². The van der Waals surface area contributed by atoms with Crippen LogP contribution in [0.2, 0.25) is 0 Å². The Hall–Kier alpha value is -0.870. The zero-order chi connectivity index (χ0) is 10.9. The highest BCUT2D eigenvalue weighted by Gasteiger charge is 2.13. The van der Waals surface area contributed by atoms with Gasteiger partial charge in [-0.1, -0.05) is 0 Å². The number of hydrogen-bond acceptors (Lipinski definition) is 3. The van der Waals surface area contributed by atoms with E-state index in [9.17, 15) is 9.90 Å². The van der Waals surface area contributed by atoms with Gasteiger partial charge in [-0.3, -0.25) is 4.79 Å². The summed E-state index contributed by atoms with van der Waals surface area (Å²) in [5, 5.41) is 9.47. The van der Waals surface area contributed by atoms with E-state index in [0.717, 1.165) is 5.56 Å². The van der Waals surface area contributed by atoms with Crippen molar-refractivity contribution in [1.82, 2.24) is 0 Å². The maximum absolute atomic E-state index is 11.5. The van der Waals surface area contributed by atoms with Crippen LogP contribution in [0.4, 0.5) is 0 Å². The van der Waals surface area contributed by atoms with Crippen molar-refractivity contribution in [2.75, 3.05) is 0 Å². The molecule has 14 heavy (non-hydrogen) atoms. The van der Waals surface area contributed by atoms with Crippen LogP contribution < -0.4 is 5.73 Å². The van der Waals surface area contributed by atoms with Gasteiger partial charge in [0.25, 0.3) is 0 Å². The first-order chi connectivity index (χ1) is 6.43. The Balaban J connectivity index is 3.19. The summed E-state index contributed by atoms with van der Waals surface area (Å²) in [6, 6.07) is 2.58. The van der Waals surface area contributed by atoms with E-state index in [2.05, 4.69) is 15.9 Å². The molecule has 1 unspecified atom stereocenters. The van der Waals surface area contributed by atoms with Crippen molar-refractivity contribution in [1.29, 1.82) is 0 Å². The van der Waals surface area contributed by atoms with Crippen molar-refractivity contribution in [3.05, 3.63) is 27.7 Å². The Morgan fingerprint density at radius 3 is 2.57 bits per heavy atom. The average molecular weight is 258 g/mol. The monoisotopic (exact) mass is 257 g/mol. The van der Waals surface area contributed by atoms with Gasteiger partial charge in [0.15, 0.2) is 5.78 Å². The van der Waals surface area contributed by atoms with E-state index in [0.29, 0.717) is 10.0 Å². The van der Waals surface area contributed by atoms with Crippen LogP contribution >= 0.6 is 15.9 Å². The SMILES string of the molecule is Cc1cc(C(=O)C(C)N)cc(O)c1Br. The van der Waals surface area contributed by atoms with Crippen LogP contribution in [0.15, 0.2) is 16.6 Å². The third-order valence-corrected chi connectivity index (χ3v) is 2.97. The third kappa shape index (κ3) is 2.13. The number of Topliss-reactive ketones (excluding diaryl/α,β-unsaturated/α-hetero) is 1. The highest BCUT2D eigenvalue weighted by atomic mass is 79.9. The van der Waals surface area contributed by atoms with E-state index in [4.69, 9.17) is 5.73 Å². The quantitative estimate of drug-likeness (QED) is 0.797. The highest BCUT2D eigenvalue weighted by Crippen LogP contribution is 2.28. The third-order valence-electron chi connectivity index (χ3n) is 1.93. The summed E-state index contributed by atoms with van der Waals surface area (Å²) in [6.07, 6.45) is 0. The van der Waals surface area contributed by atoms with Gasteiger partial charge in [0, 0.05) is 5.56 Å². The van der Waals surface area contributed by atoms with Gasteiger partial charge in [-0.05, 0) is 47.5 Å². The first-order valence-electron chi connectivity index (χ1n) is 4.22. The molecule has 0 amide bonds. The first-order valence-corrected chi connectivity index (χ1v) is 5.01. The zero-order valence-electron chi connectivity index (χ0n) is 8.04. The van der Waals surface area contributed by atoms with E-state index in [1.165, 1.54) is 6.07 Å². The van der Waals surface area contributed by atoms with Crippen LogP contribution in [-0.2, 0) is 0 Å². The first kappa shape index (κ1) is 11.2.